The maximum absolute atomic E-state index is 12.2. The third-order valence-electron chi connectivity index (χ3n) is 2.49. The Kier molecular flexibility index (Phi) is 3.39. The number of hydrogen-bond donors (Lipinski definition) is 0. The first-order chi connectivity index (χ1) is 9.28. The van der Waals surface area contributed by atoms with Crippen molar-refractivity contribution in [3.63, 3.8) is 0 Å². The molecule has 0 N–H and O–H groups in total. The summed E-state index contributed by atoms with van der Waals surface area (Å²) in [5.41, 5.74) is -0.151. The zero-order valence-electron chi connectivity index (χ0n) is 10.1. The number of nitro groups is 1. The molecule has 20 heavy (non-hydrogen) atoms. The lowest BCUT2D eigenvalue weighted by atomic mass is 10.0. The molecule has 0 amide bonds. The molecule has 0 aliphatic heterocycles. The molecule has 0 saturated carbocycles. The molecule has 0 fully saturated rings. The second-order valence-electron chi connectivity index (χ2n) is 3.92. The summed E-state index contributed by atoms with van der Waals surface area (Å²) < 4.78 is 45.3. The Balaban J connectivity index is 2.57. The van der Waals surface area contributed by atoms with Crippen LogP contribution in [0.1, 0.15) is 5.56 Å². The zero-order chi connectivity index (χ0) is 14.9. The van der Waals surface area contributed by atoms with Gasteiger partial charge in [-0.2, -0.15) is 0 Å². The quantitative estimate of drug-likeness (QED) is 0.630. The Morgan fingerprint density at radius 3 is 2.55 bits per heavy atom. The predicted octanol–water partition coefficient (Wildman–Crippen LogP) is 4.06. The number of hydrogen-bond acceptors (Lipinski definition) is 4. The van der Waals surface area contributed by atoms with Gasteiger partial charge in [0, 0.05) is 0 Å². The highest BCUT2D eigenvalue weighted by Crippen LogP contribution is 2.38. The van der Waals surface area contributed by atoms with E-state index in [0.29, 0.717) is 0 Å². The van der Waals surface area contributed by atoms with Gasteiger partial charge in [0.05, 0.1) is 22.8 Å². The van der Waals surface area contributed by atoms with Crippen molar-refractivity contribution >= 4 is 5.69 Å². The number of halogens is 3. The lowest BCUT2D eigenvalue weighted by Crippen LogP contribution is -2.17. The van der Waals surface area contributed by atoms with Crippen LogP contribution in [0.3, 0.4) is 0 Å². The molecule has 0 radical (unpaired) electrons. The highest BCUT2D eigenvalue weighted by molar-refractivity contribution is 5.74. The minimum atomic E-state index is -4.91. The van der Waals surface area contributed by atoms with E-state index in [4.69, 9.17) is 4.42 Å². The second kappa shape index (κ2) is 4.87. The van der Waals surface area contributed by atoms with E-state index in [9.17, 15) is 23.3 Å². The first-order valence-corrected chi connectivity index (χ1v) is 5.36. The zero-order valence-corrected chi connectivity index (χ0v) is 10.1. The van der Waals surface area contributed by atoms with Crippen LogP contribution in [0.2, 0.25) is 0 Å². The Hall–Kier alpha value is -2.51. The fraction of sp³-hybridized carbons (Fsp3) is 0.167. The summed E-state index contributed by atoms with van der Waals surface area (Å²) in [5.74, 6) is -0.440. The molecule has 8 heteroatoms. The topological polar surface area (TPSA) is 65.5 Å². The minimum Gasteiger partial charge on any atom is -0.464 e. The second-order valence-corrected chi connectivity index (χ2v) is 3.92. The lowest BCUT2D eigenvalue weighted by Gasteiger charge is -2.11. The number of benzene rings is 1. The smallest absolute Gasteiger partial charge is 0.464 e. The third-order valence-corrected chi connectivity index (χ3v) is 2.49. The molecular weight excluding hydrogens is 279 g/mol. The van der Waals surface area contributed by atoms with Crippen molar-refractivity contribution in [2.24, 2.45) is 0 Å². The van der Waals surface area contributed by atoms with Crippen molar-refractivity contribution in [3.05, 3.63) is 46.2 Å². The van der Waals surface area contributed by atoms with E-state index in [1.165, 1.54) is 25.3 Å². The molecule has 1 aromatic carbocycles. The molecule has 0 atom stereocenters. The van der Waals surface area contributed by atoms with Crippen LogP contribution in [0.4, 0.5) is 18.9 Å². The largest absolute Gasteiger partial charge is 0.573 e. The molecule has 106 valence electrons. The van der Waals surface area contributed by atoms with Crippen molar-refractivity contribution in [1.29, 1.82) is 0 Å². The molecule has 0 saturated heterocycles. The summed E-state index contributed by atoms with van der Waals surface area (Å²) >= 11 is 0. The molecule has 1 aromatic heterocycles. The van der Waals surface area contributed by atoms with Gasteiger partial charge in [0.2, 0.25) is 0 Å². The van der Waals surface area contributed by atoms with Gasteiger partial charge in [-0.1, -0.05) is 0 Å². The molecule has 0 aliphatic rings. The summed E-state index contributed by atoms with van der Waals surface area (Å²) in [6.07, 6.45) is -3.59. The van der Waals surface area contributed by atoms with Gasteiger partial charge in [-0.15, -0.1) is 13.2 Å². The van der Waals surface area contributed by atoms with E-state index in [2.05, 4.69) is 4.74 Å². The van der Waals surface area contributed by atoms with E-state index < -0.39 is 22.7 Å². The Morgan fingerprint density at radius 1 is 1.35 bits per heavy atom. The summed E-state index contributed by atoms with van der Waals surface area (Å²) in [5, 5.41) is 11.0. The average Bonchev–Trinajstić information content (AvgIpc) is 2.78. The molecule has 0 spiro atoms. The number of aryl methyl sites for hydroxylation is 1. The van der Waals surface area contributed by atoms with E-state index in [1.807, 2.05) is 0 Å². The number of nitro benzene ring substituents is 1. The van der Waals surface area contributed by atoms with Crippen LogP contribution in [0.25, 0.3) is 11.3 Å². The number of nitrogens with zero attached hydrogens (tertiary/aromatic N) is 1. The maximum atomic E-state index is 12.2. The van der Waals surface area contributed by atoms with Gasteiger partial charge in [0.15, 0.2) is 0 Å². The van der Waals surface area contributed by atoms with Crippen molar-refractivity contribution in [2.45, 2.75) is 13.3 Å². The number of furan rings is 1. The van der Waals surface area contributed by atoms with Crippen LogP contribution in [-0.2, 0) is 0 Å². The summed E-state index contributed by atoms with van der Waals surface area (Å²) in [6, 6.07) is 4.80. The van der Waals surface area contributed by atoms with Crippen LogP contribution >= 0.6 is 0 Å². The molecule has 0 bridgehead atoms. The monoisotopic (exact) mass is 287 g/mol. The van der Waals surface area contributed by atoms with Crippen molar-refractivity contribution in [3.8, 4) is 17.1 Å². The SMILES string of the molecule is Cc1cc(OC(F)(F)F)cc([N+](=O)[O-])c1-c1ccco1. The fourth-order valence-corrected chi connectivity index (χ4v) is 1.81. The highest BCUT2D eigenvalue weighted by atomic mass is 19.4. The van der Waals surface area contributed by atoms with Crippen LogP contribution in [0.5, 0.6) is 5.75 Å². The van der Waals surface area contributed by atoms with Crippen molar-refractivity contribution in [2.75, 3.05) is 0 Å². The maximum Gasteiger partial charge on any atom is 0.573 e. The van der Waals surface area contributed by atoms with Crippen LogP contribution in [0, 0.1) is 17.0 Å². The highest BCUT2D eigenvalue weighted by Gasteiger charge is 2.33. The average molecular weight is 287 g/mol. The summed E-state index contributed by atoms with van der Waals surface area (Å²) in [6.45, 7) is 1.44. The lowest BCUT2D eigenvalue weighted by molar-refractivity contribution is -0.384. The van der Waals surface area contributed by atoms with Crippen LogP contribution in [0.15, 0.2) is 34.9 Å². The van der Waals surface area contributed by atoms with Crippen LogP contribution < -0.4 is 4.74 Å². The van der Waals surface area contributed by atoms with Gasteiger partial charge in [0.1, 0.15) is 11.5 Å². The van der Waals surface area contributed by atoms with E-state index in [0.717, 1.165) is 12.1 Å². The molecule has 0 unspecified atom stereocenters. The fourth-order valence-electron chi connectivity index (χ4n) is 1.81. The van der Waals surface area contributed by atoms with Crippen molar-refractivity contribution in [1.82, 2.24) is 0 Å². The number of ether oxygens (including phenoxy) is 1. The first-order valence-electron chi connectivity index (χ1n) is 5.36. The van der Waals surface area contributed by atoms with Gasteiger partial charge in [-0.3, -0.25) is 10.1 Å². The molecule has 5 nitrogen and oxygen atoms in total. The number of alkyl halides is 3. The third kappa shape index (κ3) is 2.90. The Bertz CT molecular complexity index is 635. The number of rotatable bonds is 3. The molecular formula is C12H8F3NO4. The van der Waals surface area contributed by atoms with E-state index >= 15 is 0 Å². The Morgan fingerprint density at radius 2 is 2.05 bits per heavy atom. The van der Waals surface area contributed by atoms with E-state index in [1.54, 1.807) is 0 Å². The van der Waals surface area contributed by atoms with Crippen molar-refractivity contribution < 1.29 is 27.2 Å². The van der Waals surface area contributed by atoms with Gasteiger partial charge in [-0.05, 0) is 30.7 Å². The van der Waals surface area contributed by atoms with Gasteiger partial charge in [-0.25, -0.2) is 0 Å². The normalized spacial score (nSPS) is 11.4. The van der Waals surface area contributed by atoms with Gasteiger partial charge >= 0.3 is 6.36 Å². The minimum absolute atomic E-state index is 0.120. The summed E-state index contributed by atoms with van der Waals surface area (Å²) in [7, 11) is 0. The van der Waals surface area contributed by atoms with Gasteiger partial charge in [0.25, 0.3) is 5.69 Å². The molecule has 0 aliphatic carbocycles. The predicted molar refractivity (Wildman–Crippen MR) is 62.2 cm³/mol. The Labute approximate surface area is 110 Å². The molecule has 1 heterocycles. The summed E-state index contributed by atoms with van der Waals surface area (Å²) in [4.78, 5) is 10.2. The van der Waals surface area contributed by atoms with Gasteiger partial charge < -0.3 is 9.15 Å². The molecule has 2 aromatic rings. The first kappa shape index (κ1) is 13.9. The molecule has 2 rings (SSSR count). The van der Waals surface area contributed by atoms with E-state index in [-0.39, 0.29) is 16.9 Å². The van der Waals surface area contributed by atoms with Crippen LogP contribution in [-0.4, -0.2) is 11.3 Å². The standard InChI is InChI=1S/C12H8F3NO4/c1-7-5-8(20-12(13,14)15)6-9(16(17)18)11(7)10-3-2-4-19-10/h2-6H,1H3.